The van der Waals surface area contributed by atoms with Gasteiger partial charge in [-0.3, -0.25) is 0 Å². The van der Waals surface area contributed by atoms with Gasteiger partial charge in [0.25, 0.3) is 0 Å². The summed E-state index contributed by atoms with van der Waals surface area (Å²) in [6, 6.07) is 9.49. The van der Waals surface area contributed by atoms with Crippen molar-refractivity contribution in [2.24, 2.45) is 0 Å². The van der Waals surface area contributed by atoms with Gasteiger partial charge >= 0.3 is 6.03 Å². The minimum Gasteiger partial charge on any atom is -0.328 e. The van der Waals surface area contributed by atoms with Gasteiger partial charge in [-0.25, -0.2) is 22.0 Å². The second-order valence-electron chi connectivity index (χ2n) is 6.84. The van der Waals surface area contributed by atoms with Crippen LogP contribution in [0.3, 0.4) is 0 Å². The quantitative estimate of drug-likeness (QED) is 0.812. The Kier molecular flexibility index (Phi) is 5.19. The Bertz CT molecular complexity index is 952. The highest BCUT2D eigenvalue weighted by Crippen LogP contribution is 2.43. The number of hydrogen-bond donors (Lipinski definition) is 2. The number of hydrogen-bond acceptors (Lipinski definition) is 3. The molecule has 27 heavy (non-hydrogen) atoms. The molecule has 0 atom stereocenters. The van der Waals surface area contributed by atoms with Crippen molar-refractivity contribution in [2.75, 3.05) is 11.6 Å². The molecular formula is C19H20F2N2O3S. The zero-order chi connectivity index (χ0) is 19.7. The topological polar surface area (TPSA) is 75.3 Å². The zero-order valence-electron chi connectivity index (χ0n) is 14.8. The maximum atomic E-state index is 14.2. The molecule has 0 aromatic heterocycles. The summed E-state index contributed by atoms with van der Waals surface area (Å²) >= 11 is 0. The van der Waals surface area contributed by atoms with Crippen LogP contribution >= 0.6 is 0 Å². The van der Waals surface area contributed by atoms with Gasteiger partial charge in [-0.05, 0) is 43.0 Å². The predicted octanol–water partition coefficient (Wildman–Crippen LogP) is 3.71. The summed E-state index contributed by atoms with van der Waals surface area (Å²) in [6.45, 7) is 0. The average Bonchev–Trinajstić information content (AvgIpc) is 2.52. The number of halogens is 2. The van der Waals surface area contributed by atoms with Crippen molar-refractivity contribution in [2.45, 2.75) is 30.6 Å². The third-order valence-electron chi connectivity index (χ3n) is 4.68. The third-order valence-corrected chi connectivity index (χ3v) is 5.52. The molecule has 0 saturated heterocycles. The second-order valence-corrected chi connectivity index (χ2v) is 8.98. The van der Waals surface area contributed by atoms with Crippen molar-refractivity contribution < 1.29 is 22.0 Å². The maximum Gasteiger partial charge on any atom is 0.319 e. The lowest BCUT2D eigenvalue weighted by Crippen LogP contribution is -2.53. The van der Waals surface area contributed by atoms with Gasteiger partial charge in [-0.15, -0.1) is 0 Å². The van der Waals surface area contributed by atoms with E-state index < -0.39 is 33.0 Å². The van der Waals surface area contributed by atoms with Gasteiger partial charge in [0.1, 0.15) is 11.6 Å². The van der Waals surface area contributed by atoms with Crippen molar-refractivity contribution in [3.63, 3.8) is 0 Å². The smallest absolute Gasteiger partial charge is 0.319 e. The number of para-hydroxylation sites is 1. The van der Waals surface area contributed by atoms with Gasteiger partial charge in [0.15, 0.2) is 9.84 Å². The highest BCUT2D eigenvalue weighted by molar-refractivity contribution is 7.89. The molecule has 3 rings (SSSR count). The molecule has 0 aliphatic heterocycles. The molecule has 0 heterocycles. The van der Waals surface area contributed by atoms with Gasteiger partial charge in [-0.1, -0.05) is 24.3 Å². The maximum absolute atomic E-state index is 14.2. The molecule has 2 N–H and O–H groups in total. The van der Waals surface area contributed by atoms with E-state index in [1.54, 1.807) is 24.3 Å². The summed E-state index contributed by atoms with van der Waals surface area (Å²) in [4.78, 5) is 12.5. The van der Waals surface area contributed by atoms with E-state index in [0.717, 1.165) is 12.7 Å². The Morgan fingerprint density at radius 3 is 2.26 bits per heavy atom. The lowest BCUT2D eigenvalue weighted by molar-refractivity contribution is 0.175. The first-order chi connectivity index (χ1) is 12.7. The van der Waals surface area contributed by atoms with Gasteiger partial charge in [0.05, 0.1) is 11.3 Å². The van der Waals surface area contributed by atoms with Gasteiger partial charge in [0, 0.05) is 17.5 Å². The molecule has 2 aromatic carbocycles. The van der Waals surface area contributed by atoms with Crippen molar-refractivity contribution in [1.82, 2.24) is 5.32 Å². The molecular weight excluding hydrogens is 374 g/mol. The molecule has 2 amide bonds. The molecule has 0 spiro atoms. The van der Waals surface area contributed by atoms with E-state index in [2.05, 4.69) is 10.6 Å². The van der Waals surface area contributed by atoms with E-state index in [1.165, 1.54) is 18.2 Å². The molecule has 0 unspecified atom stereocenters. The van der Waals surface area contributed by atoms with Gasteiger partial charge < -0.3 is 10.6 Å². The van der Waals surface area contributed by atoms with Crippen molar-refractivity contribution >= 4 is 21.6 Å². The van der Waals surface area contributed by atoms with Crippen LogP contribution in [0.25, 0.3) is 0 Å². The fourth-order valence-corrected chi connectivity index (χ4v) is 4.16. The molecule has 1 aliphatic rings. The van der Waals surface area contributed by atoms with Crippen LogP contribution in [0.5, 0.6) is 0 Å². The van der Waals surface area contributed by atoms with Crippen molar-refractivity contribution in [3.05, 3.63) is 65.2 Å². The number of amides is 2. The monoisotopic (exact) mass is 394 g/mol. The van der Waals surface area contributed by atoms with Crippen molar-refractivity contribution in [1.29, 1.82) is 0 Å². The minimum atomic E-state index is -3.29. The fourth-order valence-electron chi connectivity index (χ4n) is 3.34. The summed E-state index contributed by atoms with van der Waals surface area (Å²) in [5.74, 6) is -1.63. The summed E-state index contributed by atoms with van der Waals surface area (Å²) in [6.07, 6.45) is 2.68. The number of rotatable bonds is 5. The Morgan fingerprint density at radius 1 is 1.07 bits per heavy atom. The molecule has 144 valence electrons. The number of benzene rings is 2. The minimum absolute atomic E-state index is 0.143. The van der Waals surface area contributed by atoms with Crippen molar-refractivity contribution in [3.8, 4) is 0 Å². The Balaban J connectivity index is 1.82. The van der Waals surface area contributed by atoms with Crippen LogP contribution in [-0.4, -0.2) is 20.7 Å². The first-order valence-corrected chi connectivity index (χ1v) is 10.6. The fraction of sp³-hybridized carbons (Fsp3) is 0.316. The molecule has 0 bridgehead atoms. The first kappa shape index (κ1) is 19.3. The van der Waals surface area contributed by atoms with Crippen LogP contribution in [0.2, 0.25) is 0 Å². The van der Waals surface area contributed by atoms with Gasteiger partial charge in [-0.2, -0.15) is 0 Å². The summed E-state index contributed by atoms with van der Waals surface area (Å²) in [5, 5.41) is 5.29. The summed E-state index contributed by atoms with van der Waals surface area (Å²) in [7, 11) is -3.29. The average molecular weight is 394 g/mol. The van der Waals surface area contributed by atoms with E-state index in [-0.39, 0.29) is 11.3 Å². The van der Waals surface area contributed by atoms with Gasteiger partial charge in [0.2, 0.25) is 0 Å². The standard InChI is InChI=1S/C19H20F2N2O3S/c1-27(25,26)12-13-6-2-3-9-16(13)22-18(24)23-19(10-5-11-19)17-14(20)7-4-8-15(17)21/h2-4,6-9H,5,10-12H2,1H3,(H2,22,23,24). The zero-order valence-corrected chi connectivity index (χ0v) is 15.6. The highest BCUT2D eigenvalue weighted by Gasteiger charge is 2.44. The molecule has 2 aromatic rings. The second kappa shape index (κ2) is 7.26. The van der Waals surface area contributed by atoms with Crippen LogP contribution < -0.4 is 10.6 Å². The van der Waals surface area contributed by atoms with Crippen LogP contribution in [0, 0.1) is 11.6 Å². The number of sulfone groups is 1. The molecule has 1 fully saturated rings. The van der Waals surface area contributed by atoms with E-state index in [4.69, 9.17) is 0 Å². The molecule has 5 nitrogen and oxygen atoms in total. The van der Waals surface area contributed by atoms with E-state index in [9.17, 15) is 22.0 Å². The Morgan fingerprint density at radius 2 is 1.70 bits per heavy atom. The molecule has 1 saturated carbocycles. The summed E-state index contributed by atoms with van der Waals surface area (Å²) < 4.78 is 51.6. The largest absolute Gasteiger partial charge is 0.328 e. The summed E-state index contributed by atoms with van der Waals surface area (Å²) in [5.41, 5.74) is -0.472. The number of urea groups is 1. The third kappa shape index (κ3) is 4.27. The van der Waals surface area contributed by atoms with E-state index in [0.29, 0.717) is 24.1 Å². The van der Waals surface area contributed by atoms with E-state index >= 15 is 0 Å². The number of nitrogens with one attached hydrogen (secondary N) is 2. The van der Waals surface area contributed by atoms with Crippen LogP contribution in [-0.2, 0) is 21.1 Å². The Labute approximate surface area is 156 Å². The van der Waals surface area contributed by atoms with Crippen LogP contribution in [0.1, 0.15) is 30.4 Å². The molecule has 0 radical (unpaired) electrons. The van der Waals surface area contributed by atoms with Crippen LogP contribution in [0.4, 0.5) is 19.3 Å². The SMILES string of the molecule is CS(=O)(=O)Cc1ccccc1NC(=O)NC1(c2c(F)cccc2F)CCC1. The predicted molar refractivity (Wildman–Crippen MR) is 99.0 cm³/mol. The lowest BCUT2D eigenvalue weighted by atomic mass is 9.71. The molecule has 8 heteroatoms. The molecule has 1 aliphatic carbocycles. The number of carbonyl (C=O) groups excluding carboxylic acids is 1. The number of carbonyl (C=O) groups is 1. The first-order valence-electron chi connectivity index (χ1n) is 8.49. The number of anilines is 1. The lowest BCUT2D eigenvalue weighted by Gasteiger charge is -2.43. The van der Waals surface area contributed by atoms with E-state index in [1.807, 2.05) is 0 Å². The van der Waals surface area contributed by atoms with Crippen LogP contribution in [0.15, 0.2) is 42.5 Å². The highest BCUT2D eigenvalue weighted by atomic mass is 32.2. The Hall–Kier alpha value is -2.48. The normalized spacial score (nSPS) is 15.7.